The third-order valence-corrected chi connectivity index (χ3v) is 4.30. The van der Waals surface area contributed by atoms with Crippen molar-refractivity contribution in [1.29, 1.82) is 5.26 Å². The molecule has 0 aromatic heterocycles. The number of carbonyl (C=O) groups excluding carboxylic acids is 1. The summed E-state index contributed by atoms with van der Waals surface area (Å²) in [5, 5.41) is 13.0. The van der Waals surface area contributed by atoms with Gasteiger partial charge in [0.1, 0.15) is 24.9 Å². The van der Waals surface area contributed by atoms with Crippen LogP contribution in [-0.4, -0.2) is 19.1 Å². The van der Waals surface area contributed by atoms with Crippen LogP contribution in [0.1, 0.15) is 5.56 Å². The van der Waals surface area contributed by atoms with Gasteiger partial charge in [0.25, 0.3) is 5.91 Å². The molecule has 3 rings (SSSR count). The fraction of sp³-hybridized carbons (Fsp3) is 0.111. The highest BCUT2D eigenvalue weighted by Crippen LogP contribution is 2.38. The summed E-state index contributed by atoms with van der Waals surface area (Å²) in [5.41, 5.74) is 0.763. The minimum atomic E-state index is -0.609. The van der Waals surface area contributed by atoms with Crippen molar-refractivity contribution >= 4 is 52.5 Å². The van der Waals surface area contributed by atoms with Crippen molar-refractivity contribution in [2.45, 2.75) is 0 Å². The van der Waals surface area contributed by atoms with Crippen molar-refractivity contribution in [3.8, 4) is 17.6 Å². The van der Waals surface area contributed by atoms with E-state index in [9.17, 15) is 10.1 Å². The van der Waals surface area contributed by atoms with Crippen LogP contribution in [0.4, 0.5) is 5.69 Å². The second kappa shape index (κ2) is 7.88. The van der Waals surface area contributed by atoms with Gasteiger partial charge >= 0.3 is 0 Å². The molecule has 1 aliphatic heterocycles. The van der Waals surface area contributed by atoms with Crippen molar-refractivity contribution in [3.63, 3.8) is 0 Å². The lowest BCUT2D eigenvalue weighted by Crippen LogP contribution is -2.16. The van der Waals surface area contributed by atoms with Crippen LogP contribution in [-0.2, 0) is 4.79 Å². The second-order valence-electron chi connectivity index (χ2n) is 5.28. The number of ether oxygens (including phenoxy) is 2. The van der Waals surface area contributed by atoms with Crippen molar-refractivity contribution in [1.82, 2.24) is 0 Å². The Balaban J connectivity index is 1.87. The molecular weight excluding hydrogens is 399 g/mol. The quantitative estimate of drug-likeness (QED) is 0.574. The summed E-state index contributed by atoms with van der Waals surface area (Å²) in [6, 6.07) is 9.74. The van der Waals surface area contributed by atoms with E-state index in [0.29, 0.717) is 46.0 Å². The van der Waals surface area contributed by atoms with Crippen LogP contribution in [0.2, 0.25) is 15.1 Å². The van der Waals surface area contributed by atoms with Crippen molar-refractivity contribution in [2.75, 3.05) is 18.5 Å². The molecular formula is C18H11Cl3N2O3. The first kappa shape index (κ1) is 18.4. The lowest BCUT2D eigenvalue weighted by Gasteiger charge is -2.19. The number of anilines is 1. The zero-order valence-electron chi connectivity index (χ0n) is 13.2. The molecule has 0 unspecified atom stereocenters. The van der Waals surface area contributed by atoms with Crippen LogP contribution in [0.15, 0.2) is 35.9 Å². The zero-order chi connectivity index (χ0) is 18.7. The molecule has 1 aliphatic rings. The Labute approximate surface area is 164 Å². The van der Waals surface area contributed by atoms with E-state index in [1.807, 2.05) is 6.07 Å². The Morgan fingerprint density at radius 2 is 1.88 bits per heavy atom. The molecule has 26 heavy (non-hydrogen) atoms. The molecule has 0 atom stereocenters. The smallest absolute Gasteiger partial charge is 0.266 e. The van der Waals surface area contributed by atoms with Crippen LogP contribution in [0.3, 0.4) is 0 Å². The number of benzene rings is 2. The second-order valence-corrected chi connectivity index (χ2v) is 6.53. The van der Waals surface area contributed by atoms with Crippen LogP contribution in [0, 0.1) is 11.3 Å². The number of nitriles is 1. The molecule has 1 amide bonds. The molecule has 132 valence electrons. The van der Waals surface area contributed by atoms with Gasteiger partial charge in [0.05, 0.1) is 15.7 Å². The SMILES string of the molecule is N#C/C(=C\c1cc(Cl)c2c(c1)OCCO2)C(=O)Nc1ccc(Cl)cc1Cl. The number of rotatable bonds is 3. The van der Waals surface area contributed by atoms with Crippen molar-refractivity contribution in [3.05, 3.63) is 56.5 Å². The van der Waals surface area contributed by atoms with E-state index in [1.54, 1.807) is 24.3 Å². The minimum absolute atomic E-state index is 0.122. The molecule has 0 spiro atoms. The predicted molar refractivity (Wildman–Crippen MR) is 101 cm³/mol. The van der Waals surface area contributed by atoms with Crippen LogP contribution >= 0.6 is 34.8 Å². The van der Waals surface area contributed by atoms with Crippen LogP contribution in [0.5, 0.6) is 11.5 Å². The van der Waals surface area contributed by atoms with E-state index >= 15 is 0 Å². The van der Waals surface area contributed by atoms with E-state index in [1.165, 1.54) is 12.1 Å². The Hall–Kier alpha value is -2.39. The van der Waals surface area contributed by atoms with E-state index < -0.39 is 5.91 Å². The average Bonchev–Trinajstić information content (AvgIpc) is 2.62. The average molecular weight is 410 g/mol. The van der Waals surface area contributed by atoms with Gasteiger partial charge in [0, 0.05) is 5.02 Å². The largest absolute Gasteiger partial charge is 0.486 e. The van der Waals surface area contributed by atoms with Gasteiger partial charge in [-0.05, 0) is 42.0 Å². The normalized spacial score (nSPS) is 13.1. The first-order valence-corrected chi connectivity index (χ1v) is 8.58. The molecule has 0 saturated heterocycles. The van der Waals surface area contributed by atoms with Gasteiger partial charge in [0.2, 0.25) is 0 Å². The zero-order valence-corrected chi connectivity index (χ0v) is 15.5. The molecule has 1 heterocycles. The molecule has 0 aliphatic carbocycles. The van der Waals surface area contributed by atoms with Gasteiger partial charge in [-0.1, -0.05) is 34.8 Å². The van der Waals surface area contributed by atoms with E-state index in [2.05, 4.69) is 5.32 Å². The van der Waals surface area contributed by atoms with Gasteiger partial charge in [0.15, 0.2) is 11.5 Å². The maximum Gasteiger partial charge on any atom is 0.266 e. The summed E-state index contributed by atoms with van der Waals surface area (Å²) < 4.78 is 10.9. The summed E-state index contributed by atoms with van der Waals surface area (Å²) in [7, 11) is 0. The van der Waals surface area contributed by atoms with Crippen LogP contribution in [0.25, 0.3) is 6.08 Å². The maximum atomic E-state index is 12.4. The number of nitrogens with one attached hydrogen (secondary N) is 1. The van der Waals surface area contributed by atoms with Crippen LogP contribution < -0.4 is 14.8 Å². The summed E-state index contributed by atoms with van der Waals surface area (Å²) in [4.78, 5) is 12.4. The molecule has 2 aromatic carbocycles. The molecule has 0 saturated carbocycles. The Morgan fingerprint density at radius 1 is 1.12 bits per heavy atom. The number of hydrogen-bond acceptors (Lipinski definition) is 4. The number of nitrogens with zero attached hydrogens (tertiary/aromatic N) is 1. The fourth-order valence-corrected chi connectivity index (χ4v) is 3.04. The third kappa shape index (κ3) is 4.05. The minimum Gasteiger partial charge on any atom is -0.486 e. The maximum absolute atomic E-state index is 12.4. The van der Waals surface area contributed by atoms with Gasteiger partial charge in [-0.15, -0.1) is 0 Å². The highest BCUT2D eigenvalue weighted by molar-refractivity contribution is 6.37. The van der Waals surface area contributed by atoms with Gasteiger partial charge in [-0.2, -0.15) is 5.26 Å². The number of amides is 1. The first-order valence-electron chi connectivity index (χ1n) is 7.45. The molecule has 0 radical (unpaired) electrons. The number of hydrogen-bond donors (Lipinski definition) is 1. The fourth-order valence-electron chi connectivity index (χ4n) is 2.31. The number of halogens is 3. The summed E-state index contributed by atoms with van der Waals surface area (Å²) >= 11 is 18.0. The monoisotopic (exact) mass is 408 g/mol. The molecule has 2 aromatic rings. The Bertz CT molecular complexity index is 951. The molecule has 1 N–H and O–H groups in total. The number of carbonyl (C=O) groups is 1. The van der Waals surface area contributed by atoms with E-state index in [4.69, 9.17) is 44.3 Å². The standard InChI is InChI=1S/C18H11Cl3N2O3/c19-12-1-2-15(13(20)8-12)23-18(24)11(9-22)5-10-6-14(21)17-16(7-10)25-3-4-26-17/h1-2,5-8H,3-4H2,(H,23,24)/b11-5+. The molecule has 8 heteroatoms. The predicted octanol–water partition coefficient (Wildman–Crippen LogP) is 4.96. The Kier molecular flexibility index (Phi) is 5.58. The van der Waals surface area contributed by atoms with Crippen molar-refractivity contribution < 1.29 is 14.3 Å². The lowest BCUT2D eigenvalue weighted by molar-refractivity contribution is -0.112. The topological polar surface area (TPSA) is 71.3 Å². The molecule has 0 fully saturated rings. The Morgan fingerprint density at radius 3 is 2.62 bits per heavy atom. The van der Waals surface area contributed by atoms with E-state index in [-0.39, 0.29) is 10.6 Å². The number of fused-ring (bicyclic) bond motifs is 1. The van der Waals surface area contributed by atoms with Gasteiger partial charge in [-0.3, -0.25) is 4.79 Å². The molecule has 5 nitrogen and oxygen atoms in total. The van der Waals surface area contributed by atoms with Crippen molar-refractivity contribution in [2.24, 2.45) is 0 Å². The van der Waals surface area contributed by atoms with E-state index in [0.717, 1.165) is 0 Å². The first-order chi connectivity index (χ1) is 12.5. The highest BCUT2D eigenvalue weighted by Gasteiger charge is 2.17. The summed E-state index contributed by atoms with van der Waals surface area (Å²) in [5.74, 6) is 0.308. The summed E-state index contributed by atoms with van der Waals surface area (Å²) in [6.45, 7) is 0.812. The lowest BCUT2D eigenvalue weighted by atomic mass is 10.1. The molecule has 0 bridgehead atoms. The third-order valence-electron chi connectivity index (χ3n) is 3.47. The van der Waals surface area contributed by atoms with Gasteiger partial charge < -0.3 is 14.8 Å². The van der Waals surface area contributed by atoms with Gasteiger partial charge in [-0.25, -0.2) is 0 Å². The summed E-state index contributed by atoms with van der Waals surface area (Å²) in [6.07, 6.45) is 1.41. The highest BCUT2D eigenvalue weighted by atomic mass is 35.5.